The fourth-order valence-corrected chi connectivity index (χ4v) is 2.70. The maximum absolute atomic E-state index is 12.2. The number of hydrogen-bond donors (Lipinski definition) is 1. The number of carbonyl (C=O) groups excluding carboxylic acids is 1. The van der Waals surface area contributed by atoms with Crippen LogP contribution in [-0.2, 0) is 16.1 Å². The van der Waals surface area contributed by atoms with Crippen LogP contribution in [0.2, 0.25) is 5.02 Å². The van der Waals surface area contributed by atoms with Crippen molar-refractivity contribution in [1.29, 1.82) is 0 Å². The van der Waals surface area contributed by atoms with Gasteiger partial charge in [-0.3, -0.25) is 4.79 Å². The molecule has 2 aromatic rings. The van der Waals surface area contributed by atoms with E-state index in [2.05, 4.69) is 5.32 Å². The maximum atomic E-state index is 12.2. The minimum Gasteiger partial charge on any atom is -0.491 e. The number of halogens is 1. The van der Waals surface area contributed by atoms with Crippen LogP contribution in [0.15, 0.2) is 42.5 Å². The predicted octanol–water partition coefficient (Wildman–Crippen LogP) is 4.55. The van der Waals surface area contributed by atoms with Crippen molar-refractivity contribution < 1.29 is 19.0 Å². The Morgan fingerprint density at radius 2 is 2.04 bits per heavy atom. The molecule has 0 aliphatic rings. The molecule has 2 rings (SSSR count). The van der Waals surface area contributed by atoms with Gasteiger partial charge in [0.25, 0.3) is 0 Å². The number of nitrogens with one attached hydrogen (secondary N) is 1. The van der Waals surface area contributed by atoms with Gasteiger partial charge >= 0.3 is 0 Å². The van der Waals surface area contributed by atoms with E-state index in [9.17, 15) is 4.79 Å². The maximum Gasteiger partial charge on any atom is 0.248 e. The third kappa shape index (κ3) is 5.51. The summed E-state index contributed by atoms with van der Waals surface area (Å²) in [4.78, 5) is 12.2. The minimum absolute atomic E-state index is 0.246. The molecule has 0 heterocycles. The van der Waals surface area contributed by atoms with E-state index in [1.54, 1.807) is 25.3 Å². The zero-order chi connectivity index (χ0) is 18.9. The van der Waals surface area contributed by atoms with E-state index >= 15 is 0 Å². The fourth-order valence-electron chi connectivity index (χ4n) is 2.41. The van der Waals surface area contributed by atoms with Crippen molar-refractivity contribution in [3.8, 4) is 11.5 Å². The van der Waals surface area contributed by atoms with Crippen LogP contribution in [0, 0.1) is 0 Å². The zero-order valence-electron chi connectivity index (χ0n) is 15.0. The smallest absolute Gasteiger partial charge is 0.248 e. The van der Waals surface area contributed by atoms with Gasteiger partial charge in [-0.25, -0.2) is 0 Å². The molecule has 0 saturated heterocycles. The lowest BCUT2D eigenvalue weighted by atomic mass is 10.1. The van der Waals surface area contributed by atoms with Crippen molar-refractivity contribution >= 4 is 29.3 Å². The molecule has 0 aliphatic carbocycles. The number of methoxy groups -OCH3 is 2. The lowest BCUT2D eigenvalue weighted by molar-refractivity contribution is -0.111. The van der Waals surface area contributed by atoms with Gasteiger partial charge in [-0.2, -0.15) is 0 Å². The molecule has 0 bridgehead atoms. The number of rotatable bonds is 8. The summed E-state index contributed by atoms with van der Waals surface area (Å²) in [5, 5.41) is 3.24. The van der Waals surface area contributed by atoms with E-state index in [0.717, 1.165) is 11.1 Å². The van der Waals surface area contributed by atoms with Crippen LogP contribution in [0.1, 0.15) is 18.1 Å². The van der Waals surface area contributed by atoms with Crippen LogP contribution in [0.3, 0.4) is 0 Å². The molecule has 26 heavy (non-hydrogen) atoms. The van der Waals surface area contributed by atoms with Gasteiger partial charge in [0.05, 0.1) is 25.3 Å². The molecule has 0 aliphatic heterocycles. The molecule has 138 valence electrons. The van der Waals surface area contributed by atoms with Crippen LogP contribution in [0.25, 0.3) is 6.08 Å². The van der Waals surface area contributed by atoms with Crippen molar-refractivity contribution in [2.24, 2.45) is 0 Å². The number of anilines is 1. The van der Waals surface area contributed by atoms with Crippen molar-refractivity contribution in [1.82, 2.24) is 0 Å². The molecular weight excluding hydrogens is 354 g/mol. The van der Waals surface area contributed by atoms with E-state index < -0.39 is 0 Å². The molecule has 6 heteroatoms. The first kappa shape index (κ1) is 19.8. The van der Waals surface area contributed by atoms with Gasteiger partial charge in [-0.15, -0.1) is 0 Å². The van der Waals surface area contributed by atoms with Gasteiger partial charge in [-0.1, -0.05) is 23.7 Å². The van der Waals surface area contributed by atoms with E-state index in [4.69, 9.17) is 25.8 Å². The second-order valence-corrected chi connectivity index (χ2v) is 5.83. The Labute approximate surface area is 158 Å². The summed E-state index contributed by atoms with van der Waals surface area (Å²) in [5.41, 5.74) is 2.43. The summed E-state index contributed by atoms with van der Waals surface area (Å²) in [7, 11) is 3.16. The number of hydrogen-bond acceptors (Lipinski definition) is 4. The molecule has 0 atom stereocenters. The molecular formula is C20H22ClNO4. The number of ether oxygens (including phenoxy) is 3. The predicted molar refractivity (Wildman–Crippen MR) is 104 cm³/mol. The molecule has 0 aromatic heterocycles. The second-order valence-electron chi connectivity index (χ2n) is 5.42. The summed E-state index contributed by atoms with van der Waals surface area (Å²) in [6, 6.07) is 11.0. The molecule has 0 saturated carbocycles. The molecule has 2 aromatic carbocycles. The molecule has 0 radical (unpaired) electrons. The highest BCUT2D eigenvalue weighted by Crippen LogP contribution is 2.36. The lowest BCUT2D eigenvalue weighted by Crippen LogP contribution is -2.08. The normalized spacial score (nSPS) is 10.8. The summed E-state index contributed by atoms with van der Waals surface area (Å²) in [5.74, 6) is 0.768. The summed E-state index contributed by atoms with van der Waals surface area (Å²) in [6.07, 6.45) is 3.11. The average Bonchev–Trinajstić information content (AvgIpc) is 2.61. The first-order chi connectivity index (χ1) is 12.6. The third-order valence-corrected chi connectivity index (χ3v) is 3.75. The van der Waals surface area contributed by atoms with Gasteiger partial charge in [0.2, 0.25) is 5.91 Å². The van der Waals surface area contributed by atoms with Crippen molar-refractivity contribution in [3.05, 3.63) is 58.6 Å². The minimum atomic E-state index is -0.246. The van der Waals surface area contributed by atoms with Gasteiger partial charge in [-0.05, 0) is 48.4 Å². The summed E-state index contributed by atoms with van der Waals surface area (Å²) in [6.45, 7) is 2.85. The Balaban J connectivity index is 2.11. The highest BCUT2D eigenvalue weighted by atomic mass is 35.5. The van der Waals surface area contributed by atoms with Crippen LogP contribution < -0.4 is 14.8 Å². The van der Waals surface area contributed by atoms with Crippen LogP contribution in [0.5, 0.6) is 11.5 Å². The average molecular weight is 376 g/mol. The molecule has 0 unspecified atom stereocenters. The Morgan fingerprint density at radius 1 is 1.23 bits per heavy atom. The van der Waals surface area contributed by atoms with Gasteiger partial charge in [0.15, 0.2) is 11.5 Å². The van der Waals surface area contributed by atoms with Crippen LogP contribution in [-0.4, -0.2) is 26.7 Å². The van der Waals surface area contributed by atoms with Crippen LogP contribution >= 0.6 is 11.6 Å². The number of amides is 1. The molecule has 0 spiro atoms. The standard InChI is InChI=1S/C20H22ClNO4/c1-4-26-18-12-14(11-17(21)20(18)25-3)8-9-19(23)22-16-7-5-6-15(10-16)13-24-2/h5-12H,4,13H2,1-3H3,(H,22,23)/b9-8+. The third-order valence-electron chi connectivity index (χ3n) is 3.47. The monoisotopic (exact) mass is 375 g/mol. The van der Waals surface area contributed by atoms with E-state index in [-0.39, 0.29) is 5.91 Å². The van der Waals surface area contributed by atoms with Gasteiger partial charge in [0.1, 0.15) is 0 Å². The second kappa shape index (κ2) is 9.85. The van der Waals surface area contributed by atoms with Crippen LogP contribution in [0.4, 0.5) is 5.69 Å². The summed E-state index contributed by atoms with van der Waals surface area (Å²) < 4.78 is 15.9. The van der Waals surface area contributed by atoms with Crippen molar-refractivity contribution in [3.63, 3.8) is 0 Å². The fraction of sp³-hybridized carbons (Fsp3) is 0.250. The zero-order valence-corrected chi connectivity index (χ0v) is 15.8. The van der Waals surface area contributed by atoms with Crippen molar-refractivity contribution in [2.75, 3.05) is 26.1 Å². The van der Waals surface area contributed by atoms with Gasteiger partial charge in [0, 0.05) is 18.9 Å². The molecule has 1 N–H and O–H groups in total. The summed E-state index contributed by atoms with van der Waals surface area (Å²) >= 11 is 6.21. The topological polar surface area (TPSA) is 56.8 Å². The molecule has 1 amide bonds. The molecule has 5 nitrogen and oxygen atoms in total. The van der Waals surface area contributed by atoms with E-state index in [1.807, 2.05) is 31.2 Å². The Hall–Kier alpha value is -2.50. The highest BCUT2D eigenvalue weighted by Gasteiger charge is 2.10. The number of benzene rings is 2. The first-order valence-electron chi connectivity index (χ1n) is 8.14. The van der Waals surface area contributed by atoms with Gasteiger partial charge < -0.3 is 19.5 Å². The quantitative estimate of drug-likeness (QED) is 0.688. The highest BCUT2D eigenvalue weighted by molar-refractivity contribution is 6.32. The van der Waals surface area contributed by atoms with E-state index in [1.165, 1.54) is 13.2 Å². The number of carbonyl (C=O) groups is 1. The molecule has 0 fully saturated rings. The Morgan fingerprint density at radius 3 is 2.73 bits per heavy atom. The van der Waals surface area contributed by atoms with E-state index in [0.29, 0.717) is 35.4 Å². The largest absolute Gasteiger partial charge is 0.491 e. The van der Waals surface area contributed by atoms with Crippen molar-refractivity contribution in [2.45, 2.75) is 13.5 Å². The lowest BCUT2D eigenvalue weighted by Gasteiger charge is -2.11. The Bertz CT molecular complexity index is 789. The SMILES string of the molecule is CCOc1cc(/C=C/C(=O)Nc2cccc(COC)c2)cc(Cl)c1OC. The first-order valence-corrected chi connectivity index (χ1v) is 8.52. The Kier molecular flexibility index (Phi) is 7.51.